The van der Waals surface area contributed by atoms with Crippen molar-refractivity contribution in [3.63, 3.8) is 0 Å². The second-order valence-corrected chi connectivity index (χ2v) is 8.73. The van der Waals surface area contributed by atoms with E-state index in [1.165, 1.54) is 17.6 Å². The zero-order valence-corrected chi connectivity index (χ0v) is 18.5. The highest BCUT2D eigenvalue weighted by Crippen LogP contribution is 2.34. The molecule has 162 valence electrons. The molecule has 8 nitrogen and oxygen atoms in total. The Morgan fingerprint density at radius 1 is 1.22 bits per heavy atom. The maximum Gasteiger partial charge on any atom is 0.293 e. The quantitative estimate of drug-likeness (QED) is 0.461. The Bertz CT molecular complexity index is 1310. The summed E-state index contributed by atoms with van der Waals surface area (Å²) in [6.07, 6.45) is 2.02. The van der Waals surface area contributed by atoms with Crippen LogP contribution in [0.1, 0.15) is 37.2 Å². The van der Waals surface area contributed by atoms with Crippen LogP contribution in [-0.2, 0) is 13.0 Å². The third-order valence-corrected chi connectivity index (χ3v) is 6.52. The van der Waals surface area contributed by atoms with Gasteiger partial charge in [0.15, 0.2) is 10.9 Å². The highest BCUT2D eigenvalue weighted by atomic mass is 35.5. The first-order chi connectivity index (χ1) is 15.5. The Hall–Kier alpha value is -3.43. The first-order valence-corrected chi connectivity index (χ1v) is 11.0. The molecular weight excluding hydrogens is 452 g/mol. The molecule has 1 aliphatic rings. The average Bonchev–Trinajstić information content (AvgIpc) is 3.52. The van der Waals surface area contributed by atoms with Gasteiger partial charge in [0.1, 0.15) is 17.0 Å². The Balaban J connectivity index is 1.37. The van der Waals surface area contributed by atoms with Crippen LogP contribution in [0.25, 0.3) is 11.3 Å². The van der Waals surface area contributed by atoms with E-state index in [0.717, 1.165) is 10.6 Å². The number of fused-ring (bicyclic) bond motifs is 1. The lowest BCUT2D eigenvalue weighted by Gasteiger charge is -2.26. The molecule has 0 spiro atoms. The normalized spacial score (nSPS) is 13.1. The smallest absolute Gasteiger partial charge is 0.293 e. The monoisotopic (exact) mass is 468 g/mol. The molecular formula is C22H17ClN4O4S. The van der Waals surface area contributed by atoms with Gasteiger partial charge in [-0.05, 0) is 25.1 Å². The number of halogens is 1. The average molecular weight is 469 g/mol. The summed E-state index contributed by atoms with van der Waals surface area (Å²) in [4.78, 5) is 32.8. The largest absolute Gasteiger partial charge is 0.459 e. The number of benzene rings is 1. The summed E-state index contributed by atoms with van der Waals surface area (Å²) in [7, 11) is 0. The van der Waals surface area contributed by atoms with Crippen LogP contribution in [0, 0.1) is 6.92 Å². The molecule has 32 heavy (non-hydrogen) atoms. The van der Waals surface area contributed by atoms with Crippen LogP contribution in [0.5, 0.6) is 0 Å². The standard InChI is InChI=1S/C22H17ClN4O4S/c1-12-18(19(26-31-12)13-5-2-3-6-14(13)23)21(29)27-9-8-15-17(11-27)32-22(24-15)25-20(28)16-7-4-10-30-16/h2-7,10H,8-9,11H2,1H3,(H,24,25,28). The predicted octanol–water partition coefficient (Wildman–Crippen LogP) is 4.80. The van der Waals surface area contributed by atoms with Crippen LogP contribution in [0.15, 0.2) is 51.6 Å². The number of hydrogen-bond donors (Lipinski definition) is 1. The number of rotatable bonds is 4. The summed E-state index contributed by atoms with van der Waals surface area (Å²) in [5, 5.41) is 7.82. The van der Waals surface area contributed by atoms with E-state index >= 15 is 0 Å². The number of aryl methyl sites for hydroxylation is 1. The molecule has 1 N–H and O–H groups in total. The fourth-order valence-electron chi connectivity index (χ4n) is 3.61. The number of carbonyl (C=O) groups excluding carboxylic acids is 2. The third-order valence-electron chi connectivity index (χ3n) is 5.19. The van der Waals surface area contributed by atoms with E-state index < -0.39 is 0 Å². The summed E-state index contributed by atoms with van der Waals surface area (Å²) in [6, 6.07) is 10.4. The molecule has 5 rings (SSSR count). The molecule has 3 aromatic heterocycles. The molecule has 0 unspecified atom stereocenters. The number of anilines is 1. The predicted molar refractivity (Wildman–Crippen MR) is 119 cm³/mol. The summed E-state index contributed by atoms with van der Waals surface area (Å²) in [5.41, 5.74) is 2.35. The second-order valence-electron chi connectivity index (χ2n) is 7.24. The van der Waals surface area contributed by atoms with Crippen molar-refractivity contribution in [1.82, 2.24) is 15.0 Å². The summed E-state index contributed by atoms with van der Waals surface area (Å²) >= 11 is 7.67. The number of hydrogen-bond acceptors (Lipinski definition) is 7. The van der Waals surface area contributed by atoms with Crippen molar-refractivity contribution >= 4 is 39.9 Å². The Labute approximate surface area is 191 Å². The number of furan rings is 1. The van der Waals surface area contributed by atoms with Gasteiger partial charge in [0.05, 0.1) is 23.5 Å². The molecule has 4 aromatic rings. The fourth-order valence-corrected chi connectivity index (χ4v) is 4.85. The van der Waals surface area contributed by atoms with Crippen LogP contribution < -0.4 is 5.32 Å². The Morgan fingerprint density at radius 2 is 2.06 bits per heavy atom. The van der Waals surface area contributed by atoms with Gasteiger partial charge in [0.25, 0.3) is 11.8 Å². The number of aromatic nitrogens is 2. The van der Waals surface area contributed by atoms with Crippen molar-refractivity contribution in [2.75, 3.05) is 11.9 Å². The van der Waals surface area contributed by atoms with Gasteiger partial charge in [-0.2, -0.15) is 0 Å². The zero-order chi connectivity index (χ0) is 22.2. The minimum atomic E-state index is -0.362. The number of thiazole rings is 1. The van der Waals surface area contributed by atoms with Crippen molar-refractivity contribution in [1.29, 1.82) is 0 Å². The van der Waals surface area contributed by atoms with Crippen molar-refractivity contribution < 1.29 is 18.5 Å². The molecule has 0 saturated heterocycles. The molecule has 0 atom stereocenters. The maximum atomic E-state index is 13.4. The highest BCUT2D eigenvalue weighted by molar-refractivity contribution is 7.15. The molecule has 0 fully saturated rings. The minimum Gasteiger partial charge on any atom is -0.459 e. The van der Waals surface area contributed by atoms with E-state index in [1.807, 2.05) is 18.2 Å². The van der Waals surface area contributed by atoms with E-state index in [0.29, 0.717) is 52.2 Å². The molecule has 0 aliphatic carbocycles. The Kier molecular flexibility index (Phi) is 5.28. The van der Waals surface area contributed by atoms with Gasteiger partial charge in [0, 0.05) is 23.4 Å². The lowest BCUT2D eigenvalue weighted by atomic mass is 10.0. The molecule has 1 aliphatic heterocycles. The van der Waals surface area contributed by atoms with Gasteiger partial charge in [-0.25, -0.2) is 4.98 Å². The van der Waals surface area contributed by atoms with Crippen LogP contribution in [-0.4, -0.2) is 33.4 Å². The van der Waals surface area contributed by atoms with E-state index in [2.05, 4.69) is 15.5 Å². The van der Waals surface area contributed by atoms with Crippen LogP contribution in [0.3, 0.4) is 0 Å². The van der Waals surface area contributed by atoms with Crippen LogP contribution >= 0.6 is 22.9 Å². The van der Waals surface area contributed by atoms with Gasteiger partial charge in [-0.3, -0.25) is 14.9 Å². The van der Waals surface area contributed by atoms with E-state index in [4.69, 9.17) is 20.5 Å². The van der Waals surface area contributed by atoms with Gasteiger partial charge in [-0.1, -0.05) is 46.3 Å². The van der Waals surface area contributed by atoms with Crippen LogP contribution in [0.2, 0.25) is 5.02 Å². The van der Waals surface area contributed by atoms with E-state index in [9.17, 15) is 9.59 Å². The molecule has 0 saturated carbocycles. The van der Waals surface area contributed by atoms with E-state index in [1.54, 1.807) is 30.0 Å². The van der Waals surface area contributed by atoms with Gasteiger partial charge >= 0.3 is 0 Å². The minimum absolute atomic E-state index is 0.182. The molecule has 10 heteroatoms. The van der Waals surface area contributed by atoms with E-state index in [-0.39, 0.29) is 17.6 Å². The van der Waals surface area contributed by atoms with Gasteiger partial charge < -0.3 is 13.8 Å². The van der Waals surface area contributed by atoms with Crippen molar-refractivity contribution in [2.24, 2.45) is 0 Å². The van der Waals surface area contributed by atoms with Gasteiger partial charge in [-0.15, -0.1) is 0 Å². The number of nitrogens with one attached hydrogen (secondary N) is 1. The summed E-state index contributed by atoms with van der Waals surface area (Å²) in [6.45, 7) is 2.59. The number of carbonyl (C=O) groups is 2. The molecule has 2 amide bonds. The van der Waals surface area contributed by atoms with Crippen molar-refractivity contribution in [2.45, 2.75) is 19.9 Å². The summed E-state index contributed by atoms with van der Waals surface area (Å²) < 4.78 is 10.5. The lowest BCUT2D eigenvalue weighted by Crippen LogP contribution is -2.35. The second kappa shape index (κ2) is 8.25. The third kappa shape index (κ3) is 3.69. The van der Waals surface area contributed by atoms with Crippen molar-refractivity contribution in [3.8, 4) is 11.3 Å². The first kappa shape index (κ1) is 20.5. The SMILES string of the molecule is Cc1onc(-c2ccccc2Cl)c1C(=O)N1CCc2nc(NC(=O)c3ccco3)sc2C1. The van der Waals surface area contributed by atoms with Gasteiger partial charge in [0.2, 0.25) is 0 Å². The number of amides is 2. The molecule has 4 heterocycles. The zero-order valence-electron chi connectivity index (χ0n) is 16.9. The molecule has 0 bridgehead atoms. The summed E-state index contributed by atoms with van der Waals surface area (Å²) in [5.74, 6) is 0.105. The molecule has 0 radical (unpaired) electrons. The maximum absolute atomic E-state index is 13.4. The molecule has 1 aromatic carbocycles. The number of nitrogens with zero attached hydrogens (tertiary/aromatic N) is 3. The lowest BCUT2D eigenvalue weighted by molar-refractivity contribution is 0.0735. The fraction of sp³-hybridized carbons (Fsp3) is 0.182. The van der Waals surface area contributed by atoms with Crippen LogP contribution in [0.4, 0.5) is 5.13 Å². The topological polar surface area (TPSA) is 101 Å². The Morgan fingerprint density at radius 3 is 2.84 bits per heavy atom. The van der Waals surface area contributed by atoms with Crippen molar-refractivity contribution in [3.05, 3.63) is 75.3 Å². The highest BCUT2D eigenvalue weighted by Gasteiger charge is 2.30. The first-order valence-electron chi connectivity index (χ1n) is 9.85.